The Kier molecular flexibility index (Phi) is 5.72. The molecule has 0 heterocycles. The predicted molar refractivity (Wildman–Crippen MR) is 54.1 cm³/mol. The molecule has 9 heteroatoms. The first-order valence-electron chi connectivity index (χ1n) is 4.35. The van der Waals surface area contributed by atoms with E-state index in [2.05, 4.69) is 10.1 Å². The number of rotatable bonds is 5. The van der Waals surface area contributed by atoms with E-state index in [0.717, 1.165) is 12.3 Å². The van der Waals surface area contributed by atoms with E-state index >= 15 is 0 Å². The summed E-state index contributed by atoms with van der Waals surface area (Å²) in [5.74, 6) is -0.467. The SMILES string of the molecule is N/C=C(\C=C(/N)OCC(F)(F)F)CNC(N)=O. The van der Waals surface area contributed by atoms with Crippen molar-refractivity contribution in [3.63, 3.8) is 0 Å². The maximum atomic E-state index is 11.8. The number of carbonyl (C=O) groups is 1. The number of nitrogens with one attached hydrogen (secondary N) is 1. The van der Waals surface area contributed by atoms with Crippen LogP contribution >= 0.6 is 0 Å². The van der Waals surface area contributed by atoms with E-state index in [1.165, 1.54) is 0 Å². The van der Waals surface area contributed by atoms with Gasteiger partial charge in [-0.2, -0.15) is 13.2 Å². The summed E-state index contributed by atoms with van der Waals surface area (Å²) in [6.07, 6.45) is -2.36. The highest BCUT2D eigenvalue weighted by Crippen LogP contribution is 2.15. The zero-order chi connectivity index (χ0) is 13.5. The molecule has 0 unspecified atom stereocenters. The molecule has 0 rings (SSSR count). The monoisotopic (exact) mass is 254 g/mol. The fourth-order valence-electron chi connectivity index (χ4n) is 0.737. The lowest BCUT2D eigenvalue weighted by molar-refractivity contribution is -0.165. The normalized spacial score (nSPS) is 13.4. The fraction of sp³-hybridized carbons (Fsp3) is 0.375. The first kappa shape index (κ1) is 14.9. The van der Waals surface area contributed by atoms with Gasteiger partial charge in [-0.25, -0.2) is 4.79 Å². The third-order valence-corrected chi connectivity index (χ3v) is 1.41. The lowest BCUT2D eigenvalue weighted by Crippen LogP contribution is -2.31. The van der Waals surface area contributed by atoms with Crippen molar-refractivity contribution in [1.29, 1.82) is 0 Å². The minimum atomic E-state index is -4.48. The van der Waals surface area contributed by atoms with Gasteiger partial charge >= 0.3 is 12.2 Å². The standard InChI is InChI=1S/C8H13F3N4O2/c9-8(10,11)4-17-6(13)1-5(2-12)3-15-7(14)16/h1-2H,3-4,12-13H2,(H3,14,15,16)/b5-2+,6-1+. The van der Waals surface area contributed by atoms with Crippen LogP contribution in [0.1, 0.15) is 0 Å². The Morgan fingerprint density at radius 3 is 2.35 bits per heavy atom. The third kappa shape index (κ3) is 8.90. The van der Waals surface area contributed by atoms with Crippen molar-refractivity contribution in [1.82, 2.24) is 5.32 Å². The summed E-state index contributed by atoms with van der Waals surface area (Å²) in [6.45, 7) is -1.57. The van der Waals surface area contributed by atoms with Crippen LogP contribution in [-0.2, 0) is 4.74 Å². The molecule has 0 aromatic carbocycles. The van der Waals surface area contributed by atoms with Gasteiger partial charge in [-0.15, -0.1) is 0 Å². The van der Waals surface area contributed by atoms with Gasteiger partial charge in [0, 0.05) is 12.6 Å². The summed E-state index contributed by atoms with van der Waals surface area (Å²) in [7, 11) is 0. The van der Waals surface area contributed by atoms with Gasteiger partial charge in [0.1, 0.15) is 0 Å². The maximum absolute atomic E-state index is 11.8. The van der Waals surface area contributed by atoms with Crippen LogP contribution in [0.5, 0.6) is 0 Å². The van der Waals surface area contributed by atoms with Crippen molar-refractivity contribution >= 4 is 6.03 Å². The van der Waals surface area contributed by atoms with E-state index in [0.29, 0.717) is 0 Å². The maximum Gasteiger partial charge on any atom is 0.422 e. The number of amides is 2. The summed E-state index contributed by atoms with van der Waals surface area (Å²) in [5, 5.41) is 2.19. The van der Waals surface area contributed by atoms with Crippen LogP contribution in [0.2, 0.25) is 0 Å². The van der Waals surface area contributed by atoms with Crippen molar-refractivity contribution in [3.05, 3.63) is 23.7 Å². The number of hydrogen-bond donors (Lipinski definition) is 4. The van der Waals surface area contributed by atoms with E-state index < -0.39 is 24.7 Å². The molecule has 0 saturated heterocycles. The third-order valence-electron chi connectivity index (χ3n) is 1.41. The highest BCUT2D eigenvalue weighted by Gasteiger charge is 2.28. The molecule has 7 N–H and O–H groups in total. The van der Waals surface area contributed by atoms with Crippen molar-refractivity contribution in [2.24, 2.45) is 17.2 Å². The Labute approximate surface area is 95.3 Å². The van der Waals surface area contributed by atoms with Gasteiger partial charge in [-0.3, -0.25) is 0 Å². The largest absolute Gasteiger partial charge is 0.470 e. The van der Waals surface area contributed by atoms with E-state index in [9.17, 15) is 18.0 Å². The number of alkyl halides is 3. The Hall–Kier alpha value is -2.06. The molecule has 17 heavy (non-hydrogen) atoms. The number of halogens is 3. The lowest BCUT2D eigenvalue weighted by atomic mass is 10.3. The minimum Gasteiger partial charge on any atom is -0.470 e. The average molecular weight is 254 g/mol. The smallest absolute Gasteiger partial charge is 0.422 e. The summed E-state index contributed by atoms with van der Waals surface area (Å²) >= 11 is 0. The van der Waals surface area contributed by atoms with Crippen LogP contribution < -0.4 is 22.5 Å². The molecule has 98 valence electrons. The second-order valence-corrected chi connectivity index (χ2v) is 2.91. The van der Waals surface area contributed by atoms with E-state index in [4.69, 9.17) is 17.2 Å². The highest BCUT2D eigenvalue weighted by molar-refractivity contribution is 5.71. The number of ether oxygens (including phenoxy) is 1. The summed E-state index contributed by atoms with van der Waals surface area (Å²) < 4.78 is 39.5. The second-order valence-electron chi connectivity index (χ2n) is 2.91. The van der Waals surface area contributed by atoms with Gasteiger partial charge in [-0.1, -0.05) is 0 Å². The second kappa shape index (κ2) is 6.51. The van der Waals surface area contributed by atoms with Gasteiger partial charge in [0.15, 0.2) is 12.5 Å². The van der Waals surface area contributed by atoms with Gasteiger partial charge in [0.05, 0.1) is 0 Å². The Morgan fingerprint density at radius 2 is 1.94 bits per heavy atom. The van der Waals surface area contributed by atoms with Crippen LogP contribution in [0.4, 0.5) is 18.0 Å². The summed E-state index contributed by atoms with van der Waals surface area (Å²) in [6, 6.07) is -0.799. The molecule has 0 aromatic heterocycles. The molecular formula is C8H13F3N4O2. The van der Waals surface area contributed by atoms with Crippen LogP contribution in [0, 0.1) is 0 Å². The van der Waals surface area contributed by atoms with Crippen molar-refractivity contribution < 1.29 is 22.7 Å². The zero-order valence-corrected chi connectivity index (χ0v) is 8.75. The molecule has 0 aromatic rings. The number of primary amides is 1. The van der Waals surface area contributed by atoms with Crippen LogP contribution in [0.3, 0.4) is 0 Å². The molecule has 0 saturated carbocycles. The van der Waals surface area contributed by atoms with E-state index in [1.807, 2.05) is 0 Å². The molecule has 0 bridgehead atoms. The average Bonchev–Trinajstić information content (AvgIpc) is 2.20. The van der Waals surface area contributed by atoms with E-state index in [-0.39, 0.29) is 12.1 Å². The van der Waals surface area contributed by atoms with Crippen molar-refractivity contribution in [2.75, 3.05) is 13.2 Å². The minimum absolute atomic E-state index is 0.0675. The predicted octanol–water partition coefficient (Wildman–Crippen LogP) is -0.124. The van der Waals surface area contributed by atoms with Gasteiger partial charge in [0.25, 0.3) is 0 Å². The topological polar surface area (TPSA) is 116 Å². The van der Waals surface area contributed by atoms with Gasteiger partial charge in [0.2, 0.25) is 0 Å². The number of urea groups is 1. The summed E-state index contributed by atoms with van der Waals surface area (Å²) in [4.78, 5) is 10.4. The van der Waals surface area contributed by atoms with Crippen molar-refractivity contribution in [3.8, 4) is 0 Å². The molecule has 2 amide bonds. The molecule has 0 spiro atoms. The molecule has 0 radical (unpaired) electrons. The molecule has 0 atom stereocenters. The first-order chi connectivity index (χ1) is 7.74. The van der Waals surface area contributed by atoms with Crippen molar-refractivity contribution in [2.45, 2.75) is 6.18 Å². The molecule has 0 aliphatic carbocycles. The van der Waals surface area contributed by atoms with E-state index in [1.54, 1.807) is 0 Å². The number of nitrogens with two attached hydrogens (primary N) is 3. The highest BCUT2D eigenvalue weighted by atomic mass is 19.4. The van der Waals surface area contributed by atoms with Crippen LogP contribution in [0.25, 0.3) is 0 Å². The van der Waals surface area contributed by atoms with Crippen LogP contribution in [0.15, 0.2) is 23.7 Å². The lowest BCUT2D eigenvalue weighted by Gasteiger charge is -2.09. The molecule has 0 fully saturated rings. The Morgan fingerprint density at radius 1 is 1.35 bits per heavy atom. The number of carbonyl (C=O) groups excluding carboxylic acids is 1. The van der Waals surface area contributed by atoms with Gasteiger partial charge < -0.3 is 27.3 Å². The van der Waals surface area contributed by atoms with Gasteiger partial charge in [-0.05, 0) is 11.8 Å². The zero-order valence-electron chi connectivity index (χ0n) is 8.75. The molecular weight excluding hydrogens is 241 g/mol. The molecule has 0 aliphatic rings. The number of hydrogen-bond acceptors (Lipinski definition) is 4. The summed E-state index contributed by atoms with van der Waals surface area (Å²) in [5.41, 5.74) is 15.4. The quantitative estimate of drug-likeness (QED) is 0.404. The Balaban J connectivity index is 4.28. The fourth-order valence-corrected chi connectivity index (χ4v) is 0.737. The molecule has 0 aliphatic heterocycles. The Bertz CT molecular complexity index is 325. The van der Waals surface area contributed by atoms with Crippen LogP contribution in [-0.4, -0.2) is 25.4 Å². The first-order valence-corrected chi connectivity index (χ1v) is 4.35. The molecule has 6 nitrogen and oxygen atoms in total.